The summed E-state index contributed by atoms with van der Waals surface area (Å²) in [5.74, 6) is -1.04. The zero-order valence-corrected chi connectivity index (χ0v) is 15.8. The van der Waals surface area contributed by atoms with E-state index in [1.54, 1.807) is 18.2 Å². The third kappa shape index (κ3) is 4.95. The van der Waals surface area contributed by atoms with Crippen molar-refractivity contribution in [3.8, 4) is 0 Å². The smallest absolute Gasteiger partial charge is 0.340 e. The number of hydrogen-bond acceptors (Lipinski definition) is 5. The van der Waals surface area contributed by atoms with Crippen LogP contribution in [0.1, 0.15) is 44.7 Å². The monoisotopic (exact) mass is 387 g/mol. The molecule has 0 amide bonds. The number of sulfonamides is 1. The van der Waals surface area contributed by atoms with Gasteiger partial charge in [-0.05, 0) is 55.0 Å². The molecule has 1 aliphatic carbocycles. The molecule has 2 aromatic carbocycles. The van der Waals surface area contributed by atoms with Crippen LogP contribution in [-0.2, 0) is 27.6 Å². The van der Waals surface area contributed by atoms with E-state index in [2.05, 4.69) is 4.72 Å². The molecule has 0 unspecified atom stereocenters. The lowest BCUT2D eigenvalue weighted by Gasteiger charge is -2.16. The molecule has 1 aliphatic rings. The molecule has 0 aliphatic heterocycles. The van der Waals surface area contributed by atoms with Crippen LogP contribution in [0.15, 0.2) is 42.5 Å². The van der Waals surface area contributed by atoms with Gasteiger partial charge in [0.2, 0.25) is 10.0 Å². The highest BCUT2D eigenvalue weighted by Crippen LogP contribution is 2.23. The van der Waals surface area contributed by atoms with Gasteiger partial charge in [0.1, 0.15) is 0 Å². The zero-order chi connectivity index (χ0) is 19.4. The minimum absolute atomic E-state index is 0.0566. The molecule has 6 nitrogen and oxygen atoms in total. The van der Waals surface area contributed by atoms with Crippen LogP contribution in [0.2, 0.25) is 0 Å². The van der Waals surface area contributed by atoms with Crippen molar-refractivity contribution in [2.45, 2.75) is 25.7 Å². The summed E-state index contributed by atoms with van der Waals surface area (Å²) >= 11 is 0. The number of ketones is 1. The van der Waals surface area contributed by atoms with Crippen LogP contribution in [-0.4, -0.2) is 33.0 Å². The van der Waals surface area contributed by atoms with E-state index in [1.807, 2.05) is 12.1 Å². The van der Waals surface area contributed by atoms with Gasteiger partial charge in [-0.3, -0.25) is 9.52 Å². The maximum Gasteiger partial charge on any atom is 0.340 e. The van der Waals surface area contributed by atoms with Crippen molar-refractivity contribution < 1.29 is 22.7 Å². The quantitative estimate of drug-likeness (QED) is 0.608. The number of fused-ring (bicyclic) bond motifs is 1. The summed E-state index contributed by atoms with van der Waals surface area (Å²) in [6.07, 6.45) is 5.26. The third-order valence-corrected chi connectivity index (χ3v) is 5.04. The summed E-state index contributed by atoms with van der Waals surface area (Å²) in [4.78, 5) is 24.7. The minimum Gasteiger partial charge on any atom is -0.454 e. The van der Waals surface area contributed by atoms with Gasteiger partial charge in [0.05, 0.1) is 17.5 Å². The van der Waals surface area contributed by atoms with Crippen LogP contribution in [0, 0.1) is 0 Å². The van der Waals surface area contributed by atoms with Crippen molar-refractivity contribution in [2.24, 2.45) is 0 Å². The third-order valence-electron chi connectivity index (χ3n) is 4.45. The Balaban J connectivity index is 1.68. The number of Topliss-reactive ketones (excluding diaryl/α,β-unsaturated/α-hetero) is 1. The van der Waals surface area contributed by atoms with Crippen molar-refractivity contribution in [3.05, 3.63) is 64.7 Å². The Hall–Kier alpha value is -2.67. The number of carbonyl (C=O) groups is 2. The molecular formula is C20H21NO5S. The van der Waals surface area contributed by atoms with Gasteiger partial charge >= 0.3 is 5.97 Å². The second-order valence-corrected chi connectivity index (χ2v) is 8.36. The Labute approximate surface area is 158 Å². The van der Waals surface area contributed by atoms with Gasteiger partial charge in [0.25, 0.3) is 0 Å². The van der Waals surface area contributed by atoms with Gasteiger partial charge in [0.15, 0.2) is 12.4 Å². The van der Waals surface area contributed by atoms with Crippen LogP contribution in [0.4, 0.5) is 5.69 Å². The van der Waals surface area contributed by atoms with Crippen molar-refractivity contribution in [3.63, 3.8) is 0 Å². The molecule has 0 heterocycles. The summed E-state index contributed by atoms with van der Waals surface area (Å²) in [5.41, 5.74) is 3.15. The fourth-order valence-electron chi connectivity index (χ4n) is 3.15. The molecule has 7 heteroatoms. The van der Waals surface area contributed by atoms with E-state index in [4.69, 9.17) is 4.74 Å². The number of benzene rings is 2. The summed E-state index contributed by atoms with van der Waals surface area (Å²) in [5, 5.41) is 0. The second-order valence-electron chi connectivity index (χ2n) is 6.61. The maximum absolute atomic E-state index is 12.4. The zero-order valence-electron chi connectivity index (χ0n) is 15.0. The number of carbonyl (C=O) groups excluding carboxylic acids is 2. The average Bonchev–Trinajstić information content (AvgIpc) is 2.64. The van der Waals surface area contributed by atoms with Gasteiger partial charge in [-0.1, -0.05) is 24.3 Å². The number of anilines is 1. The number of hydrogen-bond donors (Lipinski definition) is 1. The molecule has 142 valence electrons. The fourth-order valence-corrected chi connectivity index (χ4v) is 3.73. The largest absolute Gasteiger partial charge is 0.454 e. The Morgan fingerprint density at radius 3 is 2.48 bits per heavy atom. The second kappa shape index (κ2) is 7.92. The molecule has 0 fully saturated rings. The minimum atomic E-state index is -3.54. The Morgan fingerprint density at radius 2 is 1.74 bits per heavy atom. The molecule has 1 N–H and O–H groups in total. The molecular weight excluding hydrogens is 366 g/mol. The number of aryl methyl sites for hydroxylation is 2. The summed E-state index contributed by atoms with van der Waals surface area (Å²) in [7, 11) is -3.54. The molecule has 0 aromatic heterocycles. The summed E-state index contributed by atoms with van der Waals surface area (Å²) in [6, 6.07) is 11.7. The van der Waals surface area contributed by atoms with E-state index in [-0.39, 0.29) is 17.0 Å². The molecule has 0 saturated carbocycles. The van der Waals surface area contributed by atoms with E-state index >= 15 is 0 Å². The Kier molecular flexibility index (Phi) is 5.60. The number of rotatable bonds is 6. The highest BCUT2D eigenvalue weighted by atomic mass is 32.2. The van der Waals surface area contributed by atoms with Crippen molar-refractivity contribution in [2.75, 3.05) is 17.6 Å². The van der Waals surface area contributed by atoms with Crippen LogP contribution in [0.3, 0.4) is 0 Å². The topological polar surface area (TPSA) is 89.5 Å². The van der Waals surface area contributed by atoms with E-state index in [9.17, 15) is 18.0 Å². The highest BCUT2D eigenvalue weighted by Gasteiger charge is 2.18. The maximum atomic E-state index is 12.4. The molecule has 0 radical (unpaired) electrons. The van der Waals surface area contributed by atoms with Gasteiger partial charge in [-0.25, -0.2) is 13.2 Å². The van der Waals surface area contributed by atoms with Gasteiger partial charge in [-0.15, -0.1) is 0 Å². The van der Waals surface area contributed by atoms with E-state index in [0.717, 1.165) is 25.5 Å². The summed E-state index contributed by atoms with van der Waals surface area (Å²) in [6.45, 7) is -0.398. The predicted molar refractivity (Wildman–Crippen MR) is 103 cm³/mol. The SMILES string of the molecule is CS(=O)(=O)Nc1ccccc1C(=O)OCC(=O)c1ccc2c(c1)CCCC2. The Bertz CT molecular complexity index is 982. The van der Waals surface area contributed by atoms with Crippen molar-refractivity contribution >= 4 is 27.5 Å². The summed E-state index contributed by atoms with van der Waals surface area (Å²) < 4.78 is 30.2. The van der Waals surface area contributed by atoms with E-state index < -0.39 is 22.6 Å². The molecule has 0 saturated heterocycles. The standard InChI is InChI=1S/C20H21NO5S/c1-27(24,25)21-18-9-5-4-8-17(18)20(23)26-13-19(22)16-11-10-14-6-2-3-7-15(14)12-16/h4-5,8-12,21H,2-3,6-7,13H2,1H3. The van der Waals surface area contributed by atoms with Crippen LogP contribution in [0.25, 0.3) is 0 Å². The number of esters is 1. The van der Waals surface area contributed by atoms with Crippen LogP contribution < -0.4 is 4.72 Å². The molecule has 3 rings (SSSR count). The molecule has 0 bridgehead atoms. The first kappa shape index (κ1) is 19.1. The molecule has 27 heavy (non-hydrogen) atoms. The predicted octanol–water partition coefficient (Wildman–Crippen LogP) is 2.98. The Morgan fingerprint density at radius 1 is 1.04 bits per heavy atom. The fraction of sp³-hybridized carbons (Fsp3) is 0.300. The molecule has 2 aromatic rings. The van der Waals surface area contributed by atoms with E-state index in [1.165, 1.54) is 29.7 Å². The highest BCUT2D eigenvalue weighted by molar-refractivity contribution is 7.92. The normalized spacial score (nSPS) is 13.5. The van der Waals surface area contributed by atoms with Crippen molar-refractivity contribution in [1.82, 2.24) is 0 Å². The van der Waals surface area contributed by atoms with Gasteiger partial charge in [0, 0.05) is 5.56 Å². The number of para-hydroxylation sites is 1. The number of ether oxygens (including phenoxy) is 1. The lowest BCUT2D eigenvalue weighted by molar-refractivity contribution is 0.0476. The first-order chi connectivity index (χ1) is 12.8. The lowest BCUT2D eigenvalue weighted by Crippen LogP contribution is -2.18. The lowest BCUT2D eigenvalue weighted by atomic mass is 9.90. The molecule has 0 atom stereocenters. The van der Waals surface area contributed by atoms with E-state index in [0.29, 0.717) is 5.56 Å². The van der Waals surface area contributed by atoms with Crippen LogP contribution >= 0.6 is 0 Å². The van der Waals surface area contributed by atoms with Gasteiger partial charge < -0.3 is 4.74 Å². The first-order valence-electron chi connectivity index (χ1n) is 8.72. The molecule has 0 spiro atoms. The average molecular weight is 387 g/mol. The first-order valence-corrected chi connectivity index (χ1v) is 10.6. The van der Waals surface area contributed by atoms with Gasteiger partial charge in [-0.2, -0.15) is 0 Å². The van der Waals surface area contributed by atoms with Crippen molar-refractivity contribution in [1.29, 1.82) is 0 Å². The van der Waals surface area contributed by atoms with Crippen LogP contribution in [0.5, 0.6) is 0 Å². The number of nitrogens with one attached hydrogen (secondary N) is 1.